The topological polar surface area (TPSA) is 43.8 Å². The number of anilines is 1. The number of hydrogen-bond donors (Lipinski definition) is 1. The fourth-order valence-electron chi connectivity index (χ4n) is 2.16. The number of benzene rings is 2. The van der Waals surface area contributed by atoms with E-state index in [2.05, 4.69) is 4.98 Å². The Morgan fingerprint density at radius 2 is 1.76 bits per heavy atom. The van der Waals surface area contributed by atoms with Crippen molar-refractivity contribution in [1.29, 1.82) is 0 Å². The van der Waals surface area contributed by atoms with Crippen LogP contribution < -0.4 is 5.73 Å². The lowest BCUT2D eigenvalue weighted by molar-refractivity contribution is -0.145. The van der Waals surface area contributed by atoms with E-state index in [0.717, 1.165) is 10.6 Å². The van der Waals surface area contributed by atoms with Crippen LogP contribution in [0.1, 0.15) is 5.82 Å². The number of hydrogen-bond acceptors (Lipinski definition) is 2. The maximum Gasteiger partial charge on any atom is 0.450 e. The first-order valence-corrected chi connectivity index (χ1v) is 5.98. The second kappa shape index (κ2) is 4.47. The van der Waals surface area contributed by atoms with Crippen LogP contribution in [0, 0.1) is 5.82 Å². The zero-order chi connectivity index (χ0) is 15.2. The van der Waals surface area contributed by atoms with E-state index in [4.69, 9.17) is 5.73 Å². The second-order valence-corrected chi connectivity index (χ2v) is 4.47. The monoisotopic (exact) mass is 295 g/mol. The molecule has 7 heteroatoms. The van der Waals surface area contributed by atoms with Crippen molar-refractivity contribution in [3.8, 4) is 5.69 Å². The minimum Gasteiger partial charge on any atom is -0.399 e. The Balaban J connectivity index is 2.42. The lowest BCUT2D eigenvalue weighted by Gasteiger charge is -2.12. The number of aromatic nitrogens is 2. The van der Waals surface area contributed by atoms with Gasteiger partial charge in [0.2, 0.25) is 5.82 Å². The van der Waals surface area contributed by atoms with E-state index in [-0.39, 0.29) is 22.4 Å². The van der Waals surface area contributed by atoms with Crippen molar-refractivity contribution < 1.29 is 17.6 Å². The SMILES string of the molecule is Nc1ccc2c(c1)nc(C(F)(F)F)n2-c1ccccc1F. The summed E-state index contributed by atoms with van der Waals surface area (Å²) < 4.78 is 54.1. The summed E-state index contributed by atoms with van der Waals surface area (Å²) in [5, 5.41) is 0. The number of alkyl halides is 3. The van der Waals surface area contributed by atoms with Crippen LogP contribution in [0.5, 0.6) is 0 Å². The van der Waals surface area contributed by atoms with Gasteiger partial charge in [0.15, 0.2) is 0 Å². The van der Waals surface area contributed by atoms with Crippen LogP contribution in [-0.4, -0.2) is 9.55 Å². The van der Waals surface area contributed by atoms with Gasteiger partial charge in [-0.2, -0.15) is 13.2 Å². The van der Waals surface area contributed by atoms with Gasteiger partial charge in [-0.15, -0.1) is 0 Å². The highest BCUT2D eigenvalue weighted by Crippen LogP contribution is 2.34. The molecule has 108 valence electrons. The molecule has 0 fully saturated rings. The molecule has 0 unspecified atom stereocenters. The summed E-state index contributed by atoms with van der Waals surface area (Å²) in [6, 6.07) is 9.38. The number of nitrogens with two attached hydrogens (primary N) is 1. The van der Waals surface area contributed by atoms with E-state index < -0.39 is 17.8 Å². The molecule has 0 bridgehead atoms. The molecular weight excluding hydrogens is 286 g/mol. The molecule has 1 aromatic heterocycles. The van der Waals surface area contributed by atoms with Gasteiger partial charge in [0.1, 0.15) is 5.82 Å². The lowest BCUT2D eigenvalue weighted by Crippen LogP contribution is -2.14. The predicted octanol–water partition coefficient (Wildman–Crippen LogP) is 3.77. The number of halogens is 4. The van der Waals surface area contributed by atoms with Gasteiger partial charge in [0.25, 0.3) is 0 Å². The van der Waals surface area contributed by atoms with Gasteiger partial charge >= 0.3 is 6.18 Å². The summed E-state index contributed by atoms with van der Waals surface area (Å²) in [6.07, 6.45) is -4.71. The number of nitrogen functional groups attached to an aromatic ring is 1. The molecule has 0 aliphatic rings. The number of imidazole rings is 1. The first-order chi connectivity index (χ1) is 9.88. The summed E-state index contributed by atoms with van der Waals surface area (Å²) in [5.74, 6) is -1.95. The van der Waals surface area contributed by atoms with E-state index in [1.165, 1.54) is 36.4 Å². The molecule has 3 rings (SSSR count). The van der Waals surface area contributed by atoms with Gasteiger partial charge in [-0.25, -0.2) is 9.37 Å². The third-order valence-corrected chi connectivity index (χ3v) is 3.03. The van der Waals surface area contributed by atoms with Crippen molar-refractivity contribution in [2.75, 3.05) is 5.73 Å². The zero-order valence-corrected chi connectivity index (χ0v) is 10.5. The molecule has 0 saturated carbocycles. The van der Waals surface area contributed by atoms with Gasteiger partial charge in [0, 0.05) is 5.69 Å². The molecule has 0 aliphatic heterocycles. The maximum absolute atomic E-state index is 13.9. The molecule has 2 N–H and O–H groups in total. The minimum absolute atomic E-state index is 0.0607. The van der Waals surface area contributed by atoms with Crippen LogP contribution >= 0.6 is 0 Å². The Kier molecular flexibility index (Phi) is 2.86. The number of nitrogens with zero attached hydrogens (tertiary/aromatic N) is 2. The van der Waals surface area contributed by atoms with Crippen molar-refractivity contribution in [3.05, 3.63) is 54.1 Å². The van der Waals surface area contributed by atoms with Crippen molar-refractivity contribution in [1.82, 2.24) is 9.55 Å². The van der Waals surface area contributed by atoms with Crippen LogP contribution in [0.25, 0.3) is 16.7 Å². The Morgan fingerprint density at radius 3 is 2.43 bits per heavy atom. The maximum atomic E-state index is 13.9. The first-order valence-electron chi connectivity index (χ1n) is 5.98. The zero-order valence-electron chi connectivity index (χ0n) is 10.5. The molecule has 0 aliphatic carbocycles. The van der Waals surface area contributed by atoms with Gasteiger partial charge in [-0.3, -0.25) is 4.57 Å². The largest absolute Gasteiger partial charge is 0.450 e. The Morgan fingerprint density at radius 1 is 1.05 bits per heavy atom. The Labute approximate surface area is 116 Å². The average Bonchev–Trinajstić information content (AvgIpc) is 2.77. The lowest BCUT2D eigenvalue weighted by atomic mass is 10.2. The van der Waals surface area contributed by atoms with Crippen molar-refractivity contribution in [3.63, 3.8) is 0 Å². The van der Waals surface area contributed by atoms with Gasteiger partial charge in [-0.1, -0.05) is 12.1 Å². The van der Waals surface area contributed by atoms with Gasteiger partial charge < -0.3 is 5.73 Å². The van der Waals surface area contributed by atoms with Crippen molar-refractivity contribution in [2.24, 2.45) is 0 Å². The quantitative estimate of drug-likeness (QED) is 0.548. The highest BCUT2D eigenvalue weighted by atomic mass is 19.4. The molecule has 0 amide bonds. The third kappa shape index (κ3) is 2.20. The molecule has 1 heterocycles. The van der Waals surface area contributed by atoms with Crippen LogP contribution in [0.2, 0.25) is 0 Å². The molecule has 0 spiro atoms. The molecule has 0 radical (unpaired) electrons. The Bertz CT molecular complexity index is 821. The van der Waals surface area contributed by atoms with E-state index in [1.54, 1.807) is 0 Å². The van der Waals surface area contributed by atoms with Crippen LogP contribution in [0.15, 0.2) is 42.5 Å². The summed E-state index contributed by atoms with van der Waals surface area (Å²) in [4.78, 5) is 3.55. The second-order valence-electron chi connectivity index (χ2n) is 4.47. The van der Waals surface area contributed by atoms with Crippen LogP contribution in [-0.2, 0) is 6.18 Å². The summed E-state index contributed by atoms with van der Waals surface area (Å²) >= 11 is 0. The van der Waals surface area contributed by atoms with Crippen molar-refractivity contribution in [2.45, 2.75) is 6.18 Å². The highest BCUT2D eigenvalue weighted by molar-refractivity contribution is 5.81. The minimum atomic E-state index is -4.71. The summed E-state index contributed by atoms with van der Waals surface area (Å²) in [6.45, 7) is 0. The third-order valence-electron chi connectivity index (χ3n) is 3.03. The molecule has 3 nitrogen and oxygen atoms in total. The molecule has 21 heavy (non-hydrogen) atoms. The molecule has 0 saturated heterocycles. The number of fused-ring (bicyclic) bond motifs is 1. The summed E-state index contributed by atoms with van der Waals surface area (Å²) in [7, 11) is 0. The van der Waals surface area contributed by atoms with Gasteiger partial charge in [0.05, 0.1) is 16.7 Å². The standard InChI is InChI=1S/C14H9F4N3/c15-9-3-1-2-4-11(9)21-12-6-5-8(19)7-10(12)20-13(21)14(16,17)18/h1-7H,19H2. The van der Waals surface area contributed by atoms with E-state index >= 15 is 0 Å². The van der Waals surface area contributed by atoms with Gasteiger partial charge in [-0.05, 0) is 30.3 Å². The summed E-state index contributed by atoms with van der Waals surface area (Å²) in [5.41, 5.74) is 5.83. The first kappa shape index (κ1) is 13.4. The van der Waals surface area contributed by atoms with Crippen molar-refractivity contribution >= 4 is 16.7 Å². The van der Waals surface area contributed by atoms with Crippen LogP contribution in [0.4, 0.5) is 23.2 Å². The van der Waals surface area contributed by atoms with Crippen LogP contribution in [0.3, 0.4) is 0 Å². The highest BCUT2D eigenvalue weighted by Gasteiger charge is 2.38. The fourth-order valence-corrected chi connectivity index (χ4v) is 2.16. The fraction of sp³-hybridized carbons (Fsp3) is 0.0714. The number of para-hydroxylation sites is 1. The molecular formula is C14H9F4N3. The Hall–Kier alpha value is -2.57. The smallest absolute Gasteiger partial charge is 0.399 e. The normalized spacial score (nSPS) is 12.0. The van der Waals surface area contributed by atoms with E-state index in [9.17, 15) is 17.6 Å². The predicted molar refractivity (Wildman–Crippen MR) is 70.4 cm³/mol. The average molecular weight is 295 g/mol. The molecule has 3 aromatic rings. The van der Waals surface area contributed by atoms with E-state index in [0.29, 0.717) is 0 Å². The molecule has 2 aromatic carbocycles. The molecule has 0 atom stereocenters. The number of rotatable bonds is 1. The van der Waals surface area contributed by atoms with E-state index in [1.807, 2.05) is 0 Å².